The van der Waals surface area contributed by atoms with Gasteiger partial charge in [-0.15, -0.1) is 0 Å². The van der Waals surface area contributed by atoms with Crippen LogP contribution in [-0.4, -0.2) is 101 Å². The lowest BCUT2D eigenvalue weighted by Crippen LogP contribution is -2.49. The van der Waals surface area contributed by atoms with Gasteiger partial charge in [0.15, 0.2) is 11.5 Å². The molecular weight excluding hydrogens is 560 g/mol. The topological polar surface area (TPSA) is 137 Å². The zero-order valence-electron chi connectivity index (χ0n) is 26.2. The highest BCUT2D eigenvalue weighted by Crippen LogP contribution is 2.46. The number of nitrogens with two attached hydrogens (primary N) is 1. The third-order valence-electron chi connectivity index (χ3n) is 9.45. The van der Waals surface area contributed by atoms with Gasteiger partial charge in [0.05, 0.1) is 12.2 Å². The minimum Gasteiger partial charge on any atom is -0.444 e. The smallest absolute Gasteiger partial charge is 0.410 e. The first-order valence-electron chi connectivity index (χ1n) is 15.7. The number of likely N-dealkylation sites (tertiary alicyclic amines) is 1. The van der Waals surface area contributed by atoms with Crippen molar-refractivity contribution in [3.63, 3.8) is 0 Å². The number of carbonyl (C=O) groups excluding carboxylic acids is 3. The van der Waals surface area contributed by atoms with Gasteiger partial charge >= 0.3 is 12.1 Å². The zero-order valence-corrected chi connectivity index (χ0v) is 26.2. The molecule has 1 unspecified atom stereocenters. The Morgan fingerprint density at radius 2 is 1.73 bits per heavy atom. The first-order chi connectivity index (χ1) is 20.9. The standard InChI is InChI=1S/C32H44N8O4/c1-32(2,3)44-31(43)39-17-22-14-21(15-23(22)18-39)20-7-9-24(10-8-20)35-29-27(28(33)41)34-16-26(36-29)38-11-5-6-25(19-38)40-13-12-37(4)30(40)42/h7-10,16,21-23,25H,5-6,11-15,17-19H2,1-4H3,(H2,33,41)(H,35,36)/t21?,22-,23+,25-/m1/s1. The van der Waals surface area contributed by atoms with E-state index in [1.165, 1.54) is 5.56 Å². The van der Waals surface area contributed by atoms with E-state index in [0.29, 0.717) is 35.9 Å². The van der Waals surface area contributed by atoms with Crippen molar-refractivity contribution in [2.45, 2.75) is 64.0 Å². The van der Waals surface area contributed by atoms with Crippen molar-refractivity contribution in [2.75, 3.05) is 56.5 Å². The number of hydrogen-bond donors (Lipinski definition) is 2. The number of likely N-dealkylation sites (N-methyl/N-ethyl adjacent to an activating group) is 1. The second-order valence-corrected chi connectivity index (χ2v) is 13.8. The lowest BCUT2D eigenvalue weighted by Gasteiger charge is -2.37. The molecule has 1 aliphatic carbocycles. The van der Waals surface area contributed by atoms with Crippen LogP contribution in [-0.2, 0) is 4.74 Å². The first-order valence-corrected chi connectivity index (χ1v) is 15.7. The zero-order chi connectivity index (χ0) is 31.2. The molecule has 1 saturated carbocycles. The number of aromatic nitrogens is 2. The Bertz CT molecular complexity index is 1400. The highest BCUT2D eigenvalue weighted by Gasteiger charge is 2.43. The van der Waals surface area contributed by atoms with E-state index in [1.807, 2.05) is 49.8 Å². The third-order valence-corrected chi connectivity index (χ3v) is 9.45. The van der Waals surface area contributed by atoms with Gasteiger partial charge in [-0.3, -0.25) is 4.79 Å². The van der Waals surface area contributed by atoms with Crippen molar-refractivity contribution in [3.8, 4) is 0 Å². The molecule has 4 heterocycles. The Morgan fingerprint density at radius 3 is 2.34 bits per heavy atom. The van der Waals surface area contributed by atoms with Crippen molar-refractivity contribution >= 4 is 35.4 Å². The molecule has 4 aliphatic rings. The maximum absolute atomic E-state index is 12.6. The molecule has 4 atom stereocenters. The van der Waals surface area contributed by atoms with Crippen molar-refractivity contribution in [1.82, 2.24) is 24.7 Å². The molecule has 4 amide bonds. The molecule has 3 N–H and O–H groups in total. The predicted molar refractivity (Wildman–Crippen MR) is 167 cm³/mol. The molecular formula is C32H44N8O4. The lowest BCUT2D eigenvalue weighted by atomic mass is 9.95. The van der Waals surface area contributed by atoms with Crippen LogP contribution in [0.3, 0.4) is 0 Å². The summed E-state index contributed by atoms with van der Waals surface area (Å²) < 4.78 is 5.58. The molecule has 0 radical (unpaired) electrons. The molecule has 1 aromatic carbocycles. The maximum Gasteiger partial charge on any atom is 0.410 e. The highest BCUT2D eigenvalue weighted by atomic mass is 16.6. The van der Waals surface area contributed by atoms with Gasteiger partial charge < -0.3 is 35.4 Å². The fraction of sp³-hybridized carbons (Fsp3) is 0.594. The summed E-state index contributed by atoms with van der Waals surface area (Å²) in [6.45, 7) is 10.1. The number of carbonyl (C=O) groups is 3. The van der Waals surface area contributed by atoms with Gasteiger partial charge in [-0.2, -0.15) is 0 Å². The number of rotatable bonds is 6. The number of amides is 4. The summed E-state index contributed by atoms with van der Waals surface area (Å²) in [7, 11) is 1.84. The number of nitrogens with zero attached hydrogens (tertiary/aromatic N) is 6. The van der Waals surface area contributed by atoms with E-state index in [2.05, 4.69) is 27.3 Å². The molecule has 236 valence electrons. The number of piperidine rings is 1. The summed E-state index contributed by atoms with van der Waals surface area (Å²) >= 11 is 0. The van der Waals surface area contributed by atoms with E-state index in [1.54, 1.807) is 11.1 Å². The molecule has 44 heavy (non-hydrogen) atoms. The number of ether oxygens (including phenoxy) is 1. The molecule has 3 saturated heterocycles. The van der Waals surface area contributed by atoms with Crippen LogP contribution in [0.5, 0.6) is 0 Å². The molecule has 4 fully saturated rings. The normalized spacial score (nSPS) is 25.4. The second-order valence-electron chi connectivity index (χ2n) is 13.8. The van der Waals surface area contributed by atoms with Crippen molar-refractivity contribution in [3.05, 3.63) is 41.7 Å². The fourth-order valence-corrected chi connectivity index (χ4v) is 7.25. The molecule has 0 spiro atoms. The average Bonchev–Trinajstić information content (AvgIpc) is 3.66. The van der Waals surface area contributed by atoms with Gasteiger partial charge in [-0.25, -0.2) is 19.6 Å². The van der Waals surface area contributed by atoms with E-state index >= 15 is 0 Å². The molecule has 3 aliphatic heterocycles. The summed E-state index contributed by atoms with van der Waals surface area (Å²) in [5.74, 6) is 1.73. The Morgan fingerprint density at radius 1 is 1.02 bits per heavy atom. The number of anilines is 3. The van der Waals surface area contributed by atoms with E-state index in [0.717, 1.165) is 64.1 Å². The van der Waals surface area contributed by atoms with Gasteiger partial charge in [-0.05, 0) is 81.9 Å². The Kier molecular flexibility index (Phi) is 8.02. The summed E-state index contributed by atoms with van der Waals surface area (Å²) in [6.07, 6.45) is 5.36. The summed E-state index contributed by atoms with van der Waals surface area (Å²) in [6, 6.07) is 8.43. The van der Waals surface area contributed by atoms with Crippen LogP contribution < -0.4 is 16.0 Å². The van der Waals surface area contributed by atoms with E-state index in [9.17, 15) is 14.4 Å². The number of nitrogens with one attached hydrogen (secondary N) is 1. The fourth-order valence-electron chi connectivity index (χ4n) is 7.25. The van der Waals surface area contributed by atoms with Crippen LogP contribution in [0.4, 0.5) is 26.9 Å². The van der Waals surface area contributed by atoms with Crippen molar-refractivity contribution < 1.29 is 19.1 Å². The van der Waals surface area contributed by atoms with Crippen molar-refractivity contribution in [1.29, 1.82) is 0 Å². The lowest BCUT2D eigenvalue weighted by molar-refractivity contribution is 0.0279. The Balaban J connectivity index is 1.10. The Labute approximate surface area is 258 Å². The summed E-state index contributed by atoms with van der Waals surface area (Å²) in [5.41, 5.74) is 7.32. The van der Waals surface area contributed by atoms with Crippen LogP contribution in [0.1, 0.15) is 68.4 Å². The number of urea groups is 1. The average molecular weight is 605 g/mol. The number of hydrogen-bond acceptors (Lipinski definition) is 8. The van der Waals surface area contributed by atoms with Crippen molar-refractivity contribution in [2.24, 2.45) is 17.6 Å². The van der Waals surface area contributed by atoms with Crippen LogP contribution in [0, 0.1) is 11.8 Å². The quantitative estimate of drug-likeness (QED) is 0.505. The largest absolute Gasteiger partial charge is 0.444 e. The van der Waals surface area contributed by atoms with E-state index in [-0.39, 0.29) is 23.9 Å². The molecule has 12 nitrogen and oxygen atoms in total. The number of fused-ring (bicyclic) bond motifs is 1. The Hall–Kier alpha value is -4.09. The second kappa shape index (κ2) is 11.8. The third kappa shape index (κ3) is 6.25. The van der Waals surface area contributed by atoms with Gasteiger partial charge in [0.2, 0.25) is 0 Å². The monoisotopic (exact) mass is 604 g/mol. The minimum atomic E-state index is -0.650. The molecule has 12 heteroatoms. The van der Waals surface area contributed by atoms with Gasteiger partial charge in [0.25, 0.3) is 5.91 Å². The SMILES string of the molecule is CN1CCN([C@@H]2CCCN(c3cnc(C(N)=O)c(Nc4ccc(C5C[C@@H]6CN(C(=O)OC(C)(C)C)C[C@@H]6C5)cc4)n3)C2)C1=O. The first kappa shape index (κ1) is 30.0. The van der Waals surface area contributed by atoms with Crippen LogP contribution in [0.2, 0.25) is 0 Å². The van der Waals surface area contributed by atoms with Gasteiger partial charge in [-0.1, -0.05) is 12.1 Å². The minimum absolute atomic E-state index is 0.0707. The molecule has 6 rings (SSSR count). The predicted octanol–water partition coefficient (Wildman–Crippen LogP) is 4.02. The summed E-state index contributed by atoms with van der Waals surface area (Å²) in [5, 5.41) is 3.28. The van der Waals surface area contributed by atoms with Crippen LogP contribution in [0.25, 0.3) is 0 Å². The van der Waals surface area contributed by atoms with Crippen LogP contribution in [0.15, 0.2) is 30.5 Å². The van der Waals surface area contributed by atoms with Crippen LogP contribution >= 0.6 is 0 Å². The highest BCUT2D eigenvalue weighted by molar-refractivity contribution is 5.96. The van der Waals surface area contributed by atoms with E-state index < -0.39 is 11.5 Å². The molecule has 0 bridgehead atoms. The number of benzene rings is 1. The van der Waals surface area contributed by atoms with Gasteiger partial charge in [0, 0.05) is 52.0 Å². The maximum atomic E-state index is 12.6. The van der Waals surface area contributed by atoms with Gasteiger partial charge in [0.1, 0.15) is 11.4 Å². The molecule has 1 aromatic heterocycles. The molecule has 2 aromatic rings. The number of primary amides is 1. The summed E-state index contributed by atoms with van der Waals surface area (Å²) in [4.78, 5) is 54.2. The van der Waals surface area contributed by atoms with E-state index in [4.69, 9.17) is 15.5 Å².